The first-order chi connectivity index (χ1) is 16.5. The van der Waals surface area contributed by atoms with E-state index in [1.165, 1.54) is 27.8 Å². The van der Waals surface area contributed by atoms with Gasteiger partial charge < -0.3 is 20.1 Å². The highest BCUT2D eigenvalue weighted by Gasteiger charge is 2.39. The Morgan fingerprint density at radius 2 is 1.71 bits per heavy atom. The van der Waals surface area contributed by atoms with Crippen molar-refractivity contribution in [2.45, 2.75) is 43.7 Å². The van der Waals surface area contributed by atoms with Crippen molar-refractivity contribution in [3.05, 3.63) is 59.7 Å². The zero-order valence-electron chi connectivity index (χ0n) is 18.8. The molecule has 2 aromatic carbocycles. The van der Waals surface area contributed by atoms with Crippen LogP contribution in [0.2, 0.25) is 0 Å². The number of carboxylic acids is 1. The number of thioether (sulfide) groups is 1. The summed E-state index contributed by atoms with van der Waals surface area (Å²) in [5, 5.41) is 12.3. The molecule has 1 heterocycles. The van der Waals surface area contributed by atoms with Gasteiger partial charge in [0.25, 0.3) is 0 Å². The van der Waals surface area contributed by atoms with Crippen LogP contribution in [0.4, 0.5) is 4.79 Å². The molecule has 0 radical (unpaired) electrons. The van der Waals surface area contributed by atoms with Crippen LogP contribution in [0.3, 0.4) is 0 Å². The Labute approximate surface area is 202 Å². The third-order valence-electron chi connectivity index (χ3n) is 7.14. The van der Waals surface area contributed by atoms with Gasteiger partial charge in [0.05, 0.1) is 5.88 Å². The fourth-order valence-electron chi connectivity index (χ4n) is 5.45. The Morgan fingerprint density at radius 3 is 2.38 bits per heavy atom. The van der Waals surface area contributed by atoms with E-state index in [0.717, 1.165) is 30.4 Å². The Kier molecular flexibility index (Phi) is 6.50. The van der Waals surface area contributed by atoms with Crippen LogP contribution in [-0.4, -0.2) is 58.3 Å². The van der Waals surface area contributed by atoms with E-state index < -0.39 is 18.1 Å². The molecule has 2 N–H and O–H groups in total. The zero-order chi connectivity index (χ0) is 23.7. The molecule has 2 amide bonds. The van der Waals surface area contributed by atoms with Crippen LogP contribution < -0.4 is 5.32 Å². The topological polar surface area (TPSA) is 95.9 Å². The lowest BCUT2D eigenvalue weighted by molar-refractivity contribution is -0.150. The third kappa shape index (κ3) is 4.39. The normalized spacial score (nSPS) is 23.8. The Balaban J connectivity index is 1.18. The van der Waals surface area contributed by atoms with Gasteiger partial charge in [0.2, 0.25) is 5.91 Å². The Hall–Kier alpha value is -3.00. The number of rotatable bonds is 5. The lowest BCUT2D eigenvalue weighted by Gasteiger charge is -2.32. The van der Waals surface area contributed by atoms with E-state index in [0.29, 0.717) is 18.1 Å². The van der Waals surface area contributed by atoms with Gasteiger partial charge in [-0.1, -0.05) is 55.0 Å². The van der Waals surface area contributed by atoms with Gasteiger partial charge in [-0.15, -0.1) is 11.8 Å². The van der Waals surface area contributed by atoms with Gasteiger partial charge in [0, 0.05) is 23.6 Å². The minimum Gasteiger partial charge on any atom is -0.480 e. The summed E-state index contributed by atoms with van der Waals surface area (Å²) in [6.45, 7) is 0.250. The monoisotopic (exact) mass is 480 g/mol. The molecule has 0 unspecified atom stereocenters. The van der Waals surface area contributed by atoms with E-state index in [1.807, 2.05) is 24.3 Å². The van der Waals surface area contributed by atoms with E-state index >= 15 is 0 Å². The standard InChI is InChI=1S/C26H28N2O5S/c29-24(28-15-34-14-23(28)25(30)31)16-6-5-7-17(12-16)27-26(32)33-13-22-20-10-3-1-8-18(20)19-9-2-4-11-21(19)22/h1-4,8-11,16-17,22-23H,5-7,12-15H2,(H,27,32)(H,30,31)/t16-,17+,23+/m1/s1. The van der Waals surface area contributed by atoms with E-state index in [2.05, 4.69) is 29.6 Å². The fraction of sp³-hybridized carbons (Fsp3) is 0.423. The summed E-state index contributed by atoms with van der Waals surface area (Å²) < 4.78 is 5.66. The van der Waals surface area contributed by atoms with Crippen LogP contribution >= 0.6 is 11.8 Å². The molecular formula is C26H28N2O5S. The molecule has 2 aliphatic carbocycles. The number of benzene rings is 2. The third-order valence-corrected chi connectivity index (χ3v) is 8.15. The summed E-state index contributed by atoms with van der Waals surface area (Å²) in [6.07, 6.45) is 2.35. The summed E-state index contributed by atoms with van der Waals surface area (Å²) >= 11 is 1.47. The average molecular weight is 481 g/mol. The van der Waals surface area contributed by atoms with Crippen LogP contribution in [0.15, 0.2) is 48.5 Å². The smallest absolute Gasteiger partial charge is 0.407 e. The number of hydrogen-bond donors (Lipinski definition) is 2. The van der Waals surface area contributed by atoms with Crippen molar-refractivity contribution in [3.8, 4) is 11.1 Å². The average Bonchev–Trinajstić information content (AvgIpc) is 3.46. The molecule has 1 saturated carbocycles. The largest absolute Gasteiger partial charge is 0.480 e. The maximum atomic E-state index is 13.0. The summed E-state index contributed by atoms with van der Waals surface area (Å²) in [5.74, 6) is -0.502. The fourth-order valence-corrected chi connectivity index (χ4v) is 6.61. The van der Waals surface area contributed by atoms with Crippen molar-refractivity contribution < 1.29 is 24.2 Å². The number of carboxylic acid groups (broad SMARTS) is 1. The molecule has 8 heteroatoms. The first-order valence-corrected chi connectivity index (χ1v) is 12.9. The second-order valence-electron chi connectivity index (χ2n) is 9.19. The molecule has 0 bridgehead atoms. The highest BCUT2D eigenvalue weighted by Crippen LogP contribution is 2.44. The lowest BCUT2D eigenvalue weighted by Crippen LogP contribution is -2.47. The van der Waals surface area contributed by atoms with Gasteiger partial charge in [-0.3, -0.25) is 4.79 Å². The molecule has 34 heavy (non-hydrogen) atoms. The second kappa shape index (κ2) is 9.70. The van der Waals surface area contributed by atoms with Crippen LogP contribution in [0.1, 0.15) is 42.7 Å². The van der Waals surface area contributed by atoms with Crippen LogP contribution in [0.5, 0.6) is 0 Å². The highest BCUT2D eigenvalue weighted by atomic mass is 32.2. The minimum absolute atomic E-state index is 0.000509. The molecule has 2 aromatic rings. The van der Waals surface area contributed by atoms with Gasteiger partial charge in [-0.05, 0) is 41.5 Å². The van der Waals surface area contributed by atoms with Crippen LogP contribution in [0, 0.1) is 5.92 Å². The number of nitrogens with zero attached hydrogens (tertiary/aromatic N) is 1. The number of hydrogen-bond acceptors (Lipinski definition) is 5. The van der Waals surface area contributed by atoms with E-state index in [4.69, 9.17) is 4.74 Å². The number of fused-ring (bicyclic) bond motifs is 3. The minimum atomic E-state index is -0.956. The summed E-state index contributed by atoms with van der Waals surface area (Å²) in [7, 11) is 0. The van der Waals surface area contributed by atoms with Crippen molar-refractivity contribution in [3.63, 3.8) is 0 Å². The molecule has 178 valence electrons. The van der Waals surface area contributed by atoms with Gasteiger partial charge in [-0.2, -0.15) is 0 Å². The van der Waals surface area contributed by atoms with Crippen molar-refractivity contribution >= 4 is 29.7 Å². The quantitative estimate of drug-likeness (QED) is 0.670. The van der Waals surface area contributed by atoms with Gasteiger partial charge in [0.1, 0.15) is 12.6 Å². The molecule has 3 aliphatic rings. The Morgan fingerprint density at radius 1 is 1.03 bits per heavy atom. The maximum absolute atomic E-state index is 13.0. The highest BCUT2D eigenvalue weighted by molar-refractivity contribution is 7.99. The molecule has 0 spiro atoms. The Bertz CT molecular complexity index is 1060. The SMILES string of the molecule is O=C(N[C@H]1CCC[C@@H](C(=O)N2CSC[C@H]2C(=O)O)C1)OCC1c2ccccc2-c2ccccc21. The van der Waals surface area contributed by atoms with Crippen molar-refractivity contribution in [2.24, 2.45) is 5.92 Å². The molecule has 1 saturated heterocycles. The number of nitrogens with one attached hydrogen (secondary N) is 1. The van der Waals surface area contributed by atoms with E-state index in [1.54, 1.807) is 0 Å². The van der Waals surface area contributed by atoms with E-state index in [9.17, 15) is 19.5 Å². The summed E-state index contributed by atoms with van der Waals surface area (Å²) in [6, 6.07) is 15.5. The number of aliphatic carboxylic acids is 1. The maximum Gasteiger partial charge on any atom is 0.407 e. The van der Waals surface area contributed by atoms with Crippen molar-refractivity contribution in [2.75, 3.05) is 18.2 Å². The first-order valence-electron chi connectivity index (χ1n) is 11.8. The molecule has 7 nitrogen and oxygen atoms in total. The number of amides is 2. The zero-order valence-corrected chi connectivity index (χ0v) is 19.6. The van der Waals surface area contributed by atoms with Gasteiger partial charge in [-0.25, -0.2) is 9.59 Å². The summed E-state index contributed by atoms with van der Waals surface area (Å²) in [4.78, 5) is 38.6. The van der Waals surface area contributed by atoms with Gasteiger partial charge >= 0.3 is 12.1 Å². The number of ether oxygens (including phenoxy) is 1. The molecule has 2 fully saturated rings. The molecule has 1 aliphatic heterocycles. The van der Waals surface area contributed by atoms with Crippen molar-refractivity contribution in [1.82, 2.24) is 10.2 Å². The predicted octanol–water partition coefficient (Wildman–Crippen LogP) is 4.07. The van der Waals surface area contributed by atoms with Crippen LogP contribution in [-0.2, 0) is 14.3 Å². The molecule has 5 rings (SSSR count). The first kappa shape index (κ1) is 22.8. The molecule has 3 atom stereocenters. The number of carbonyl (C=O) groups excluding carboxylic acids is 2. The van der Waals surface area contributed by atoms with E-state index in [-0.39, 0.29) is 30.4 Å². The van der Waals surface area contributed by atoms with Crippen molar-refractivity contribution in [1.29, 1.82) is 0 Å². The molecule has 0 aromatic heterocycles. The number of alkyl carbamates (subject to hydrolysis) is 1. The lowest BCUT2D eigenvalue weighted by atomic mass is 9.84. The second-order valence-corrected chi connectivity index (χ2v) is 10.2. The number of carbonyl (C=O) groups is 3. The van der Waals surface area contributed by atoms with Gasteiger partial charge in [0.15, 0.2) is 0 Å². The van der Waals surface area contributed by atoms with Crippen LogP contribution in [0.25, 0.3) is 11.1 Å². The predicted molar refractivity (Wildman–Crippen MR) is 130 cm³/mol. The summed E-state index contributed by atoms with van der Waals surface area (Å²) in [5.41, 5.74) is 4.69. The molecular weight excluding hydrogens is 452 g/mol.